The van der Waals surface area contributed by atoms with Gasteiger partial charge in [0.25, 0.3) is 15.9 Å². The van der Waals surface area contributed by atoms with Gasteiger partial charge in [0, 0.05) is 6.08 Å². The fraction of sp³-hybridized carbons (Fsp3) is 0.400. The quantitative estimate of drug-likeness (QED) is 0.854. The van der Waals surface area contributed by atoms with Gasteiger partial charge in [-0.3, -0.25) is 4.79 Å². The molecule has 2 aliphatic rings. The highest BCUT2D eigenvalue weighted by Gasteiger charge is 2.39. The molecule has 21 heavy (non-hydrogen) atoms. The molecule has 1 saturated carbocycles. The Balaban J connectivity index is 1.86. The lowest BCUT2D eigenvalue weighted by Gasteiger charge is -2.26. The van der Waals surface area contributed by atoms with Crippen molar-refractivity contribution in [1.29, 1.82) is 0 Å². The van der Waals surface area contributed by atoms with Crippen molar-refractivity contribution in [2.45, 2.75) is 42.9 Å². The lowest BCUT2D eigenvalue weighted by atomic mass is 10.3. The second-order valence-electron chi connectivity index (χ2n) is 5.24. The number of sulfonamides is 1. The molecule has 0 saturated heterocycles. The maximum atomic E-state index is 12.6. The van der Waals surface area contributed by atoms with Crippen LogP contribution in [-0.4, -0.2) is 31.0 Å². The van der Waals surface area contributed by atoms with Crippen LogP contribution in [0.25, 0.3) is 0 Å². The van der Waals surface area contributed by atoms with E-state index in [1.807, 2.05) is 0 Å². The molecule has 1 heterocycles. The highest BCUT2D eigenvalue weighted by atomic mass is 32.2. The number of hydrogen-bond acceptors (Lipinski definition) is 4. The maximum absolute atomic E-state index is 12.6. The molecule has 0 spiro atoms. The van der Waals surface area contributed by atoms with Gasteiger partial charge in [0.1, 0.15) is 0 Å². The average molecular weight is 307 g/mol. The van der Waals surface area contributed by atoms with Crippen LogP contribution in [0.1, 0.15) is 25.7 Å². The van der Waals surface area contributed by atoms with E-state index in [4.69, 9.17) is 4.74 Å². The van der Waals surface area contributed by atoms with Crippen molar-refractivity contribution in [2.24, 2.45) is 0 Å². The van der Waals surface area contributed by atoms with Crippen molar-refractivity contribution in [3.05, 3.63) is 42.5 Å². The lowest BCUT2D eigenvalue weighted by Crippen LogP contribution is -2.42. The Morgan fingerprint density at radius 3 is 2.43 bits per heavy atom. The first-order valence-corrected chi connectivity index (χ1v) is 8.50. The van der Waals surface area contributed by atoms with Gasteiger partial charge >= 0.3 is 0 Å². The van der Waals surface area contributed by atoms with E-state index in [9.17, 15) is 13.2 Å². The molecule has 1 amide bonds. The molecule has 0 radical (unpaired) electrons. The predicted molar refractivity (Wildman–Crippen MR) is 76.7 cm³/mol. The summed E-state index contributed by atoms with van der Waals surface area (Å²) in [6, 6.07) is 7.96. The van der Waals surface area contributed by atoms with Crippen LogP contribution in [0.3, 0.4) is 0 Å². The smallest absolute Gasteiger partial charge is 0.269 e. The van der Waals surface area contributed by atoms with E-state index in [2.05, 4.69) is 0 Å². The first kappa shape index (κ1) is 14.3. The van der Waals surface area contributed by atoms with Crippen LogP contribution in [-0.2, 0) is 19.6 Å². The number of nitrogens with zero attached hydrogens (tertiary/aromatic N) is 1. The largest absolute Gasteiger partial charge is 0.350 e. The number of benzene rings is 1. The predicted octanol–water partition coefficient (Wildman–Crippen LogP) is 2.06. The molecule has 0 aromatic heterocycles. The molecule has 1 fully saturated rings. The molecule has 1 aliphatic carbocycles. The molecule has 0 N–H and O–H groups in total. The Morgan fingerprint density at radius 2 is 1.76 bits per heavy atom. The summed E-state index contributed by atoms with van der Waals surface area (Å²) in [7, 11) is -3.88. The maximum Gasteiger partial charge on any atom is 0.269 e. The Hall–Kier alpha value is -1.66. The number of amides is 1. The van der Waals surface area contributed by atoms with E-state index >= 15 is 0 Å². The number of carbonyl (C=O) groups excluding carboxylic acids is 1. The van der Waals surface area contributed by atoms with Gasteiger partial charge in [0.05, 0.1) is 11.0 Å². The monoisotopic (exact) mass is 307 g/mol. The second kappa shape index (κ2) is 5.61. The van der Waals surface area contributed by atoms with E-state index < -0.39 is 22.2 Å². The van der Waals surface area contributed by atoms with E-state index in [1.54, 1.807) is 18.2 Å². The summed E-state index contributed by atoms with van der Waals surface area (Å²) >= 11 is 0. The first-order chi connectivity index (χ1) is 10.1. The van der Waals surface area contributed by atoms with Gasteiger partial charge < -0.3 is 4.74 Å². The fourth-order valence-corrected chi connectivity index (χ4v) is 4.14. The van der Waals surface area contributed by atoms with Crippen molar-refractivity contribution >= 4 is 15.9 Å². The lowest BCUT2D eigenvalue weighted by molar-refractivity contribution is -0.128. The summed E-state index contributed by atoms with van der Waals surface area (Å²) in [6.45, 7) is 0. The van der Waals surface area contributed by atoms with Crippen molar-refractivity contribution in [3.8, 4) is 0 Å². The van der Waals surface area contributed by atoms with E-state index in [0.717, 1.165) is 30.0 Å². The van der Waals surface area contributed by atoms with Crippen LogP contribution in [0.15, 0.2) is 47.4 Å². The number of hydrogen-bond donors (Lipinski definition) is 0. The summed E-state index contributed by atoms with van der Waals surface area (Å²) in [4.78, 5) is 12.1. The molecule has 5 nitrogen and oxygen atoms in total. The first-order valence-electron chi connectivity index (χ1n) is 7.06. The molecule has 3 rings (SSSR count). The zero-order chi connectivity index (χ0) is 14.9. The van der Waals surface area contributed by atoms with Gasteiger partial charge in [-0.2, -0.15) is 0 Å². The van der Waals surface area contributed by atoms with Crippen LogP contribution in [0.2, 0.25) is 0 Å². The SMILES string of the molecule is O=C1C=CC(OC2CCCC2)N1S(=O)(=O)c1ccccc1. The van der Waals surface area contributed by atoms with Crippen LogP contribution in [0.5, 0.6) is 0 Å². The highest BCUT2D eigenvalue weighted by molar-refractivity contribution is 7.89. The number of ether oxygens (including phenoxy) is 1. The van der Waals surface area contributed by atoms with E-state index in [1.165, 1.54) is 24.3 Å². The average Bonchev–Trinajstić information content (AvgIpc) is 3.11. The summed E-state index contributed by atoms with van der Waals surface area (Å²) in [5.74, 6) is -0.554. The summed E-state index contributed by atoms with van der Waals surface area (Å²) < 4.78 is 31.9. The zero-order valence-corrected chi connectivity index (χ0v) is 12.3. The third kappa shape index (κ3) is 2.73. The van der Waals surface area contributed by atoms with Gasteiger partial charge in [0.15, 0.2) is 6.23 Å². The number of rotatable bonds is 4. The Labute approximate surface area is 124 Å². The van der Waals surface area contributed by atoms with Crippen LogP contribution < -0.4 is 0 Å². The van der Waals surface area contributed by atoms with Crippen molar-refractivity contribution in [1.82, 2.24) is 4.31 Å². The van der Waals surface area contributed by atoms with Crippen molar-refractivity contribution in [3.63, 3.8) is 0 Å². The van der Waals surface area contributed by atoms with Gasteiger partial charge in [-0.15, -0.1) is 0 Å². The minimum atomic E-state index is -3.88. The molecule has 0 bridgehead atoms. The van der Waals surface area contributed by atoms with Gasteiger partial charge in [0.2, 0.25) is 0 Å². The van der Waals surface area contributed by atoms with Gasteiger partial charge in [-0.25, -0.2) is 12.7 Å². The summed E-state index contributed by atoms with van der Waals surface area (Å²) in [6.07, 6.45) is 5.97. The molecule has 1 aliphatic heterocycles. The van der Waals surface area contributed by atoms with Crippen LogP contribution >= 0.6 is 0 Å². The summed E-state index contributed by atoms with van der Waals surface area (Å²) in [5, 5.41) is 0. The second-order valence-corrected chi connectivity index (χ2v) is 7.06. The molecule has 112 valence electrons. The number of carbonyl (C=O) groups is 1. The standard InChI is InChI=1S/C15H17NO4S/c17-14-10-11-15(20-12-6-4-5-7-12)16(14)21(18,19)13-8-2-1-3-9-13/h1-3,8-12,15H,4-7H2. The molecule has 1 aromatic rings. The third-order valence-electron chi connectivity index (χ3n) is 3.79. The summed E-state index contributed by atoms with van der Waals surface area (Å²) in [5.41, 5.74) is 0. The molecular weight excluding hydrogens is 290 g/mol. The van der Waals surface area contributed by atoms with Crippen LogP contribution in [0.4, 0.5) is 0 Å². The highest BCUT2D eigenvalue weighted by Crippen LogP contribution is 2.28. The molecule has 1 atom stereocenters. The Bertz CT molecular complexity index is 648. The molecular formula is C15H17NO4S. The topological polar surface area (TPSA) is 63.7 Å². The normalized spacial score (nSPS) is 23.1. The van der Waals surface area contributed by atoms with Crippen LogP contribution in [0, 0.1) is 0 Å². The van der Waals surface area contributed by atoms with Crippen molar-refractivity contribution < 1.29 is 17.9 Å². The Morgan fingerprint density at radius 1 is 1.10 bits per heavy atom. The molecule has 1 unspecified atom stereocenters. The third-order valence-corrected chi connectivity index (χ3v) is 5.56. The van der Waals surface area contributed by atoms with Gasteiger partial charge in [-0.05, 0) is 31.1 Å². The fourth-order valence-electron chi connectivity index (χ4n) is 2.73. The van der Waals surface area contributed by atoms with Gasteiger partial charge in [-0.1, -0.05) is 31.0 Å². The molecule has 6 heteroatoms. The Kier molecular flexibility index (Phi) is 3.82. The van der Waals surface area contributed by atoms with E-state index in [0.29, 0.717) is 0 Å². The minimum Gasteiger partial charge on any atom is -0.350 e. The molecule has 1 aromatic carbocycles. The zero-order valence-electron chi connectivity index (χ0n) is 11.5. The van der Waals surface area contributed by atoms with E-state index in [-0.39, 0.29) is 11.0 Å². The minimum absolute atomic E-state index is 0.0269. The van der Waals surface area contributed by atoms with Crippen molar-refractivity contribution in [2.75, 3.05) is 0 Å².